The Bertz CT molecular complexity index is 554. The summed E-state index contributed by atoms with van der Waals surface area (Å²) in [6.45, 7) is 1.99. The minimum atomic E-state index is -0.330. The van der Waals surface area contributed by atoms with Crippen LogP contribution in [0.5, 0.6) is 5.75 Å². The van der Waals surface area contributed by atoms with Crippen molar-refractivity contribution < 1.29 is 9.53 Å². The lowest BCUT2D eigenvalue weighted by molar-refractivity contribution is 0.0735. The normalized spacial score (nSPS) is 10.6. The van der Waals surface area contributed by atoms with E-state index in [-0.39, 0.29) is 5.97 Å². The highest BCUT2D eigenvalue weighted by atomic mass is 16.5. The lowest BCUT2D eigenvalue weighted by Crippen LogP contribution is -2.08. The van der Waals surface area contributed by atoms with Crippen LogP contribution in [0.15, 0.2) is 66.7 Å². The van der Waals surface area contributed by atoms with Gasteiger partial charge in [0.25, 0.3) is 0 Å². The summed E-state index contributed by atoms with van der Waals surface area (Å²) in [7, 11) is 0. The Morgan fingerprint density at radius 3 is 2.37 bits per heavy atom. The van der Waals surface area contributed by atoms with Gasteiger partial charge in [-0.1, -0.05) is 42.5 Å². The molecule has 0 unspecified atom stereocenters. The Balaban J connectivity index is 2.03. The molecular weight excluding hydrogens is 236 g/mol. The summed E-state index contributed by atoms with van der Waals surface area (Å²) in [6, 6.07) is 16.6. The molecule has 0 fully saturated rings. The maximum atomic E-state index is 11.9. The zero-order valence-electron chi connectivity index (χ0n) is 10.9. The molecule has 2 nitrogen and oxygen atoms in total. The molecule has 0 bridgehead atoms. The molecule has 0 heterocycles. The molecule has 2 aromatic carbocycles. The van der Waals surface area contributed by atoms with Crippen LogP contribution in [0, 0.1) is 0 Å². The van der Waals surface area contributed by atoms with Crippen molar-refractivity contribution in [2.75, 3.05) is 0 Å². The summed E-state index contributed by atoms with van der Waals surface area (Å²) < 4.78 is 5.27. The number of benzene rings is 2. The van der Waals surface area contributed by atoms with Gasteiger partial charge in [-0.25, -0.2) is 4.79 Å². The fourth-order valence-corrected chi connectivity index (χ4v) is 1.69. The van der Waals surface area contributed by atoms with E-state index < -0.39 is 0 Å². The Labute approximate surface area is 113 Å². The number of ether oxygens (including phenoxy) is 1. The predicted octanol–water partition coefficient (Wildman–Crippen LogP) is 4.02. The molecule has 0 aliphatic heterocycles. The Morgan fingerprint density at radius 2 is 1.74 bits per heavy atom. The number of allylic oxidation sites excluding steroid dienone is 2. The smallest absolute Gasteiger partial charge is 0.343 e. The van der Waals surface area contributed by atoms with E-state index in [2.05, 4.69) is 6.08 Å². The van der Waals surface area contributed by atoms with Crippen molar-refractivity contribution in [3.05, 3.63) is 77.9 Å². The highest BCUT2D eigenvalue weighted by Crippen LogP contribution is 2.12. The Morgan fingerprint density at radius 1 is 1.05 bits per heavy atom. The molecule has 0 amide bonds. The molecule has 0 saturated heterocycles. The minimum absolute atomic E-state index is 0.330. The van der Waals surface area contributed by atoms with Gasteiger partial charge in [0.05, 0.1) is 5.56 Å². The molecule has 2 aromatic rings. The van der Waals surface area contributed by atoms with Crippen LogP contribution in [0.25, 0.3) is 0 Å². The Hall–Kier alpha value is -2.35. The standard InChI is InChI=1S/C17H16O2/c1-2-3-7-14-10-12-15(13-11-14)17(18)19-16-8-5-4-6-9-16/h2-6,8-13H,7H2,1H3. The summed E-state index contributed by atoms with van der Waals surface area (Å²) in [6.07, 6.45) is 4.97. The molecule has 2 rings (SSSR count). The monoisotopic (exact) mass is 252 g/mol. The second kappa shape index (κ2) is 6.55. The van der Waals surface area contributed by atoms with Crippen LogP contribution in [0.4, 0.5) is 0 Å². The molecule has 0 aliphatic rings. The highest BCUT2D eigenvalue weighted by molar-refractivity contribution is 5.91. The zero-order chi connectivity index (χ0) is 13.5. The first-order valence-corrected chi connectivity index (χ1v) is 6.27. The van der Waals surface area contributed by atoms with E-state index in [4.69, 9.17) is 4.74 Å². The average molecular weight is 252 g/mol. The minimum Gasteiger partial charge on any atom is -0.423 e. The van der Waals surface area contributed by atoms with E-state index >= 15 is 0 Å². The fourth-order valence-electron chi connectivity index (χ4n) is 1.69. The topological polar surface area (TPSA) is 26.3 Å². The van der Waals surface area contributed by atoms with Crippen molar-refractivity contribution in [3.8, 4) is 5.75 Å². The number of hydrogen-bond donors (Lipinski definition) is 0. The van der Waals surface area contributed by atoms with Crippen molar-refractivity contribution in [3.63, 3.8) is 0 Å². The van der Waals surface area contributed by atoms with Crippen LogP contribution in [-0.2, 0) is 6.42 Å². The van der Waals surface area contributed by atoms with Gasteiger partial charge in [0, 0.05) is 0 Å². The van der Waals surface area contributed by atoms with Crippen LogP contribution < -0.4 is 4.74 Å². The first-order chi connectivity index (χ1) is 9.29. The molecule has 19 heavy (non-hydrogen) atoms. The summed E-state index contributed by atoms with van der Waals surface area (Å²) in [4.78, 5) is 11.9. The van der Waals surface area contributed by atoms with Gasteiger partial charge >= 0.3 is 5.97 Å². The summed E-state index contributed by atoms with van der Waals surface area (Å²) in [5.41, 5.74) is 1.74. The zero-order valence-corrected chi connectivity index (χ0v) is 10.9. The van der Waals surface area contributed by atoms with Gasteiger partial charge in [-0.05, 0) is 43.2 Å². The van der Waals surface area contributed by atoms with E-state index in [0.29, 0.717) is 11.3 Å². The van der Waals surface area contributed by atoms with Crippen LogP contribution in [0.1, 0.15) is 22.8 Å². The molecule has 0 spiro atoms. The number of hydrogen-bond acceptors (Lipinski definition) is 2. The van der Waals surface area contributed by atoms with Gasteiger partial charge in [-0.3, -0.25) is 0 Å². The molecular formula is C17H16O2. The first kappa shape index (κ1) is 13.1. The maximum Gasteiger partial charge on any atom is 0.343 e. The van der Waals surface area contributed by atoms with E-state index in [1.54, 1.807) is 24.3 Å². The quantitative estimate of drug-likeness (QED) is 0.466. The van der Waals surface area contributed by atoms with Crippen LogP contribution in [-0.4, -0.2) is 5.97 Å². The number of carbonyl (C=O) groups excluding carboxylic acids is 1. The lowest BCUT2D eigenvalue weighted by atomic mass is 10.1. The third kappa shape index (κ3) is 3.81. The van der Waals surface area contributed by atoms with Crippen LogP contribution in [0.3, 0.4) is 0 Å². The average Bonchev–Trinajstić information content (AvgIpc) is 2.46. The van der Waals surface area contributed by atoms with E-state index in [1.165, 1.54) is 5.56 Å². The Kier molecular flexibility index (Phi) is 4.51. The second-order valence-corrected chi connectivity index (χ2v) is 4.17. The van der Waals surface area contributed by atoms with Gasteiger partial charge in [-0.15, -0.1) is 0 Å². The van der Waals surface area contributed by atoms with Gasteiger partial charge in [-0.2, -0.15) is 0 Å². The van der Waals surface area contributed by atoms with Gasteiger partial charge in [0.2, 0.25) is 0 Å². The summed E-state index contributed by atoms with van der Waals surface area (Å²) >= 11 is 0. The molecule has 0 radical (unpaired) electrons. The molecule has 2 heteroatoms. The largest absolute Gasteiger partial charge is 0.423 e. The third-order valence-corrected chi connectivity index (χ3v) is 2.73. The SMILES string of the molecule is CC=CCc1ccc(C(=O)Oc2ccccc2)cc1. The fraction of sp³-hybridized carbons (Fsp3) is 0.118. The molecule has 0 saturated carbocycles. The van der Waals surface area contributed by atoms with Crippen LogP contribution >= 0.6 is 0 Å². The van der Waals surface area contributed by atoms with Gasteiger partial charge < -0.3 is 4.74 Å². The number of carbonyl (C=O) groups is 1. The highest BCUT2D eigenvalue weighted by Gasteiger charge is 2.07. The van der Waals surface area contributed by atoms with Crippen molar-refractivity contribution >= 4 is 5.97 Å². The van der Waals surface area contributed by atoms with E-state index in [0.717, 1.165) is 6.42 Å². The number of rotatable bonds is 4. The van der Waals surface area contributed by atoms with Crippen molar-refractivity contribution in [1.29, 1.82) is 0 Å². The van der Waals surface area contributed by atoms with Crippen molar-refractivity contribution in [2.24, 2.45) is 0 Å². The van der Waals surface area contributed by atoms with Gasteiger partial charge in [0.15, 0.2) is 0 Å². The van der Waals surface area contributed by atoms with E-state index in [9.17, 15) is 4.79 Å². The molecule has 0 N–H and O–H groups in total. The summed E-state index contributed by atoms with van der Waals surface area (Å²) in [5.74, 6) is 0.231. The van der Waals surface area contributed by atoms with Crippen LogP contribution in [0.2, 0.25) is 0 Å². The van der Waals surface area contributed by atoms with Crippen molar-refractivity contribution in [2.45, 2.75) is 13.3 Å². The van der Waals surface area contributed by atoms with E-state index in [1.807, 2.05) is 43.3 Å². The lowest BCUT2D eigenvalue weighted by Gasteiger charge is -2.04. The maximum absolute atomic E-state index is 11.9. The second-order valence-electron chi connectivity index (χ2n) is 4.17. The number of esters is 1. The molecule has 0 atom stereocenters. The van der Waals surface area contributed by atoms with Crippen molar-refractivity contribution in [1.82, 2.24) is 0 Å². The predicted molar refractivity (Wildman–Crippen MR) is 76.4 cm³/mol. The molecule has 0 aromatic heterocycles. The first-order valence-electron chi connectivity index (χ1n) is 6.27. The van der Waals surface area contributed by atoms with Gasteiger partial charge in [0.1, 0.15) is 5.75 Å². The third-order valence-electron chi connectivity index (χ3n) is 2.73. The molecule has 0 aliphatic carbocycles. The number of para-hydroxylation sites is 1. The molecule has 96 valence electrons. The summed E-state index contributed by atoms with van der Waals surface area (Å²) in [5, 5.41) is 0.